The number of benzene rings is 1. The zero-order chi connectivity index (χ0) is 18.3. The molecule has 0 bridgehead atoms. The molecule has 3 aliphatic rings. The van der Waals surface area contributed by atoms with E-state index in [1.807, 2.05) is 29.2 Å². The number of hydrogen-bond donors (Lipinski definition) is 1. The van der Waals surface area contributed by atoms with E-state index in [4.69, 9.17) is 0 Å². The SMILES string of the molecule is O=C(C1CC(F)(F)CN1)N1CCC(C(=O)N2CCc3ccccc32)CC1. The van der Waals surface area contributed by atoms with E-state index in [1.54, 1.807) is 4.90 Å². The van der Waals surface area contributed by atoms with Gasteiger partial charge in [-0.2, -0.15) is 0 Å². The predicted molar refractivity (Wildman–Crippen MR) is 93.2 cm³/mol. The van der Waals surface area contributed by atoms with E-state index in [1.165, 1.54) is 5.56 Å². The number of para-hydroxylation sites is 1. The Balaban J connectivity index is 1.34. The van der Waals surface area contributed by atoms with Crippen molar-refractivity contribution < 1.29 is 18.4 Å². The van der Waals surface area contributed by atoms with Crippen LogP contribution < -0.4 is 10.2 Å². The van der Waals surface area contributed by atoms with Crippen LogP contribution in [0.3, 0.4) is 0 Å². The number of carbonyl (C=O) groups excluding carboxylic acids is 2. The molecule has 0 saturated carbocycles. The third kappa shape index (κ3) is 3.20. The molecule has 7 heteroatoms. The number of fused-ring (bicyclic) bond motifs is 1. The first-order chi connectivity index (χ1) is 12.4. The Labute approximate surface area is 151 Å². The number of likely N-dealkylation sites (tertiary alicyclic amines) is 1. The summed E-state index contributed by atoms with van der Waals surface area (Å²) in [5, 5.41) is 2.62. The number of hydrogen-bond acceptors (Lipinski definition) is 3. The van der Waals surface area contributed by atoms with E-state index in [9.17, 15) is 18.4 Å². The molecule has 1 atom stereocenters. The number of amides is 2. The largest absolute Gasteiger partial charge is 0.341 e. The average Bonchev–Trinajstić information content (AvgIpc) is 3.24. The second-order valence-corrected chi connectivity index (χ2v) is 7.46. The van der Waals surface area contributed by atoms with Crippen molar-refractivity contribution in [2.24, 2.45) is 5.92 Å². The van der Waals surface area contributed by atoms with E-state index in [0.717, 1.165) is 12.1 Å². The molecule has 3 heterocycles. The summed E-state index contributed by atoms with van der Waals surface area (Å²) < 4.78 is 26.6. The maximum absolute atomic E-state index is 13.3. The van der Waals surface area contributed by atoms with Crippen molar-refractivity contribution in [2.75, 3.05) is 31.1 Å². The van der Waals surface area contributed by atoms with Gasteiger partial charge in [0.2, 0.25) is 11.8 Å². The summed E-state index contributed by atoms with van der Waals surface area (Å²) in [5.41, 5.74) is 2.19. The molecule has 0 spiro atoms. The summed E-state index contributed by atoms with van der Waals surface area (Å²) in [4.78, 5) is 28.8. The summed E-state index contributed by atoms with van der Waals surface area (Å²) in [6.45, 7) is 1.17. The molecule has 0 aromatic heterocycles. The standard InChI is InChI=1S/C19H23F2N3O2/c20-19(21)11-15(22-12-19)18(26)23-8-5-14(6-9-23)17(25)24-10-7-13-3-1-2-4-16(13)24/h1-4,14-15,22H,5-12H2. The number of nitrogens with zero attached hydrogens (tertiary/aromatic N) is 2. The molecule has 1 aromatic rings. The zero-order valence-corrected chi connectivity index (χ0v) is 14.6. The molecule has 1 N–H and O–H groups in total. The van der Waals surface area contributed by atoms with Crippen molar-refractivity contribution >= 4 is 17.5 Å². The minimum atomic E-state index is -2.81. The van der Waals surface area contributed by atoms with Crippen LogP contribution in [0.25, 0.3) is 0 Å². The van der Waals surface area contributed by atoms with Crippen molar-refractivity contribution in [3.8, 4) is 0 Å². The van der Waals surface area contributed by atoms with Crippen molar-refractivity contribution in [3.63, 3.8) is 0 Å². The fraction of sp³-hybridized carbons (Fsp3) is 0.579. The normalized spacial score (nSPS) is 25.4. The van der Waals surface area contributed by atoms with Crippen molar-refractivity contribution in [1.82, 2.24) is 10.2 Å². The molecule has 2 fully saturated rings. The Bertz CT molecular complexity index is 716. The lowest BCUT2D eigenvalue weighted by Crippen LogP contribution is -2.49. The zero-order valence-electron chi connectivity index (χ0n) is 14.6. The van der Waals surface area contributed by atoms with Gasteiger partial charge < -0.3 is 9.80 Å². The van der Waals surface area contributed by atoms with Crippen LogP contribution in [0.2, 0.25) is 0 Å². The lowest BCUT2D eigenvalue weighted by molar-refractivity contribution is -0.137. The van der Waals surface area contributed by atoms with Gasteiger partial charge in [-0.05, 0) is 30.9 Å². The molecular weight excluding hydrogens is 340 g/mol. The van der Waals surface area contributed by atoms with Crippen LogP contribution in [-0.2, 0) is 16.0 Å². The minimum Gasteiger partial charge on any atom is -0.341 e. The van der Waals surface area contributed by atoms with E-state index in [-0.39, 0.29) is 17.7 Å². The molecule has 5 nitrogen and oxygen atoms in total. The maximum atomic E-state index is 13.3. The van der Waals surface area contributed by atoms with E-state index in [2.05, 4.69) is 5.32 Å². The molecule has 2 amide bonds. The number of halogens is 2. The van der Waals surface area contributed by atoms with Crippen LogP contribution in [-0.4, -0.2) is 54.9 Å². The first-order valence-corrected chi connectivity index (χ1v) is 9.24. The van der Waals surface area contributed by atoms with Crippen LogP contribution >= 0.6 is 0 Å². The Morgan fingerprint density at radius 2 is 1.81 bits per heavy atom. The van der Waals surface area contributed by atoms with E-state index < -0.39 is 24.9 Å². The van der Waals surface area contributed by atoms with Crippen LogP contribution in [0.5, 0.6) is 0 Å². The Morgan fingerprint density at radius 1 is 1.08 bits per heavy atom. The molecule has 0 radical (unpaired) electrons. The van der Waals surface area contributed by atoms with Gasteiger partial charge in [-0.1, -0.05) is 18.2 Å². The Morgan fingerprint density at radius 3 is 2.50 bits per heavy atom. The first kappa shape index (κ1) is 17.4. The number of carbonyl (C=O) groups is 2. The Hall–Kier alpha value is -2.02. The van der Waals surface area contributed by atoms with Gasteiger partial charge >= 0.3 is 0 Å². The lowest BCUT2D eigenvalue weighted by atomic mass is 9.94. The highest BCUT2D eigenvalue weighted by Gasteiger charge is 2.44. The second-order valence-electron chi connectivity index (χ2n) is 7.46. The smallest absolute Gasteiger partial charge is 0.262 e. The highest BCUT2D eigenvalue weighted by Crippen LogP contribution is 2.32. The van der Waals surface area contributed by atoms with Crippen molar-refractivity contribution in [1.29, 1.82) is 0 Å². The average molecular weight is 363 g/mol. The van der Waals surface area contributed by atoms with Gasteiger partial charge in [0.05, 0.1) is 12.6 Å². The number of alkyl halides is 2. The van der Waals surface area contributed by atoms with Crippen LogP contribution in [0.1, 0.15) is 24.8 Å². The van der Waals surface area contributed by atoms with Gasteiger partial charge in [-0.15, -0.1) is 0 Å². The summed E-state index contributed by atoms with van der Waals surface area (Å²) in [6, 6.07) is 7.15. The molecule has 140 valence electrons. The number of nitrogens with one attached hydrogen (secondary N) is 1. The fourth-order valence-corrected chi connectivity index (χ4v) is 4.24. The quantitative estimate of drug-likeness (QED) is 0.872. The monoisotopic (exact) mass is 363 g/mol. The predicted octanol–water partition coefficient (Wildman–Crippen LogP) is 1.81. The summed E-state index contributed by atoms with van der Waals surface area (Å²) >= 11 is 0. The Kier molecular flexibility index (Phi) is 4.42. The van der Waals surface area contributed by atoms with Crippen LogP contribution in [0, 0.1) is 5.92 Å². The highest BCUT2D eigenvalue weighted by atomic mass is 19.3. The van der Waals surface area contributed by atoms with Gasteiger partial charge in [0, 0.05) is 37.7 Å². The van der Waals surface area contributed by atoms with Crippen molar-refractivity contribution in [2.45, 2.75) is 37.6 Å². The van der Waals surface area contributed by atoms with Crippen LogP contribution in [0.15, 0.2) is 24.3 Å². The van der Waals surface area contributed by atoms with Crippen molar-refractivity contribution in [3.05, 3.63) is 29.8 Å². The van der Waals surface area contributed by atoms with Gasteiger partial charge in [-0.25, -0.2) is 8.78 Å². The lowest BCUT2D eigenvalue weighted by Gasteiger charge is -2.34. The molecule has 1 unspecified atom stereocenters. The fourth-order valence-electron chi connectivity index (χ4n) is 4.24. The summed E-state index contributed by atoms with van der Waals surface area (Å²) in [7, 11) is 0. The third-order valence-electron chi connectivity index (χ3n) is 5.72. The van der Waals surface area contributed by atoms with E-state index >= 15 is 0 Å². The number of anilines is 1. The van der Waals surface area contributed by atoms with Gasteiger partial charge in [0.15, 0.2) is 0 Å². The molecule has 3 aliphatic heterocycles. The number of piperidine rings is 1. The summed E-state index contributed by atoms with van der Waals surface area (Å²) in [5.74, 6) is -3.06. The second kappa shape index (κ2) is 6.61. The van der Waals surface area contributed by atoms with Gasteiger partial charge in [0.25, 0.3) is 5.92 Å². The molecule has 2 saturated heterocycles. The molecule has 4 rings (SSSR count). The van der Waals surface area contributed by atoms with Crippen LogP contribution in [0.4, 0.5) is 14.5 Å². The first-order valence-electron chi connectivity index (χ1n) is 9.24. The van der Waals surface area contributed by atoms with Gasteiger partial charge in [0.1, 0.15) is 0 Å². The molecule has 1 aromatic carbocycles. The van der Waals surface area contributed by atoms with E-state index in [0.29, 0.717) is 32.5 Å². The maximum Gasteiger partial charge on any atom is 0.262 e. The molecule has 0 aliphatic carbocycles. The summed E-state index contributed by atoms with van der Waals surface area (Å²) in [6.07, 6.45) is 1.62. The molecular formula is C19H23F2N3O2. The molecule has 26 heavy (non-hydrogen) atoms. The minimum absolute atomic E-state index is 0.108. The topological polar surface area (TPSA) is 52.7 Å². The third-order valence-corrected chi connectivity index (χ3v) is 5.72. The highest BCUT2D eigenvalue weighted by molar-refractivity contribution is 5.97. The van der Waals surface area contributed by atoms with Gasteiger partial charge in [-0.3, -0.25) is 14.9 Å². The number of rotatable bonds is 2.